The van der Waals surface area contributed by atoms with Gasteiger partial charge in [0.05, 0.1) is 12.7 Å². The van der Waals surface area contributed by atoms with E-state index in [9.17, 15) is 0 Å². The minimum Gasteiger partial charge on any atom is -0.376 e. The topological polar surface area (TPSA) is 24.5 Å². The van der Waals surface area contributed by atoms with Gasteiger partial charge >= 0.3 is 0 Å². The second-order valence-electron chi connectivity index (χ2n) is 6.98. The Hall–Kier alpha value is -0.320. The molecule has 0 spiro atoms. The fourth-order valence-electron chi connectivity index (χ4n) is 4.10. The van der Waals surface area contributed by atoms with E-state index < -0.39 is 0 Å². The number of likely N-dealkylation sites (N-methyl/N-ethyl adjacent to an activating group) is 1. The van der Waals surface area contributed by atoms with Crippen molar-refractivity contribution in [3.8, 4) is 0 Å². The molecular formula is C19H28Cl2N2O. The van der Waals surface area contributed by atoms with E-state index in [2.05, 4.69) is 17.3 Å². The largest absolute Gasteiger partial charge is 0.376 e. The first-order chi connectivity index (χ1) is 11.7. The molecule has 0 amide bonds. The van der Waals surface area contributed by atoms with Gasteiger partial charge in [-0.1, -0.05) is 42.1 Å². The molecule has 24 heavy (non-hydrogen) atoms. The van der Waals surface area contributed by atoms with Crippen LogP contribution in [0.1, 0.15) is 37.7 Å². The minimum atomic E-state index is 0.343. The average molecular weight is 371 g/mol. The van der Waals surface area contributed by atoms with Crippen molar-refractivity contribution in [2.45, 2.75) is 56.7 Å². The molecule has 3 atom stereocenters. The van der Waals surface area contributed by atoms with Crippen LogP contribution in [0.2, 0.25) is 10.0 Å². The molecule has 1 saturated carbocycles. The molecule has 0 bridgehead atoms. The van der Waals surface area contributed by atoms with Crippen LogP contribution in [0.15, 0.2) is 18.2 Å². The Balaban J connectivity index is 1.54. The maximum atomic E-state index is 6.31. The molecule has 0 radical (unpaired) electrons. The lowest BCUT2D eigenvalue weighted by atomic mass is 9.91. The van der Waals surface area contributed by atoms with Gasteiger partial charge in [-0.15, -0.1) is 0 Å². The molecule has 134 valence electrons. The molecule has 0 aromatic heterocycles. The Kier molecular flexibility index (Phi) is 6.82. The van der Waals surface area contributed by atoms with E-state index in [1.165, 1.54) is 38.6 Å². The molecule has 3 nitrogen and oxygen atoms in total. The van der Waals surface area contributed by atoms with Gasteiger partial charge in [0.2, 0.25) is 0 Å². The molecule has 1 aliphatic heterocycles. The summed E-state index contributed by atoms with van der Waals surface area (Å²) in [6.07, 6.45) is 7.39. The normalized spacial score (nSPS) is 28.4. The van der Waals surface area contributed by atoms with E-state index in [4.69, 9.17) is 27.9 Å². The van der Waals surface area contributed by atoms with Crippen LogP contribution in [-0.2, 0) is 11.2 Å². The van der Waals surface area contributed by atoms with E-state index in [1.54, 1.807) is 0 Å². The van der Waals surface area contributed by atoms with Gasteiger partial charge in [-0.05, 0) is 50.4 Å². The van der Waals surface area contributed by atoms with E-state index in [0.29, 0.717) is 24.8 Å². The van der Waals surface area contributed by atoms with Gasteiger partial charge < -0.3 is 10.1 Å². The summed E-state index contributed by atoms with van der Waals surface area (Å²) in [7, 11) is 2.07. The molecule has 5 heteroatoms. The van der Waals surface area contributed by atoms with Gasteiger partial charge in [-0.25, -0.2) is 0 Å². The van der Waals surface area contributed by atoms with Crippen molar-refractivity contribution in [2.24, 2.45) is 0 Å². The van der Waals surface area contributed by atoms with Gasteiger partial charge in [-0.3, -0.25) is 4.90 Å². The summed E-state index contributed by atoms with van der Waals surface area (Å²) in [5.74, 6) is 0. The SMILES string of the molecule is CNC1CCN(C2CCCC[C@@H]2OCCc2c(Cl)cccc2Cl)C1. The summed E-state index contributed by atoms with van der Waals surface area (Å²) in [6.45, 7) is 3.03. The quantitative estimate of drug-likeness (QED) is 0.813. The van der Waals surface area contributed by atoms with Gasteiger partial charge in [0.15, 0.2) is 0 Å². The summed E-state index contributed by atoms with van der Waals surface area (Å²) in [6, 6.07) is 6.88. The third-order valence-electron chi connectivity index (χ3n) is 5.51. The zero-order chi connectivity index (χ0) is 16.9. The van der Waals surface area contributed by atoms with Crippen molar-refractivity contribution in [3.63, 3.8) is 0 Å². The van der Waals surface area contributed by atoms with Crippen LogP contribution < -0.4 is 5.32 Å². The van der Waals surface area contributed by atoms with Crippen molar-refractivity contribution in [1.29, 1.82) is 0 Å². The molecule has 1 heterocycles. The van der Waals surface area contributed by atoms with E-state index in [0.717, 1.165) is 28.6 Å². The van der Waals surface area contributed by atoms with Crippen LogP contribution in [0.25, 0.3) is 0 Å². The highest BCUT2D eigenvalue weighted by Gasteiger charge is 2.34. The molecule has 1 N–H and O–H groups in total. The molecule has 3 rings (SSSR count). The lowest BCUT2D eigenvalue weighted by Crippen LogP contribution is -2.46. The van der Waals surface area contributed by atoms with Crippen molar-refractivity contribution < 1.29 is 4.74 Å². The Morgan fingerprint density at radius 2 is 1.92 bits per heavy atom. The maximum absolute atomic E-state index is 6.31. The second-order valence-corrected chi connectivity index (χ2v) is 7.79. The number of hydrogen-bond donors (Lipinski definition) is 1. The number of nitrogens with one attached hydrogen (secondary N) is 1. The van der Waals surface area contributed by atoms with Crippen LogP contribution in [0, 0.1) is 0 Å². The third-order valence-corrected chi connectivity index (χ3v) is 6.22. The zero-order valence-electron chi connectivity index (χ0n) is 14.4. The van der Waals surface area contributed by atoms with E-state index in [-0.39, 0.29) is 0 Å². The first kappa shape index (κ1) is 18.5. The van der Waals surface area contributed by atoms with Crippen LogP contribution in [-0.4, -0.2) is 49.8 Å². The Labute approximate surface area is 155 Å². The standard InChI is InChI=1S/C19H28Cl2N2O/c1-22-14-9-11-23(13-14)18-7-2-3-8-19(18)24-12-10-15-16(20)5-4-6-17(15)21/h4-6,14,18-19,22H,2-3,7-13H2,1H3/t14?,18?,19-/m0/s1. The molecule has 2 aliphatic rings. The summed E-state index contributed by atoms with van der Waals surface area (Å²) in [5.41, 5.74) is 1.00. The number of benzene rings is 1. The van der Waals surface area contributed by atoms with Gasteiger partial charge in [0, 0.05) is 35.2 Å². The minimum absolute atomic E-state index is 0.343. The first-order valence-electron chi connectivity index (χ1n) is 9.15. The number of rotatable bonds is 6. The van der Waals surface area contributed by atoms with Crippen LogP contribution >= 0.6 is 23.2 Å². The van der Waals surface area contributed by atoms with E-state index in [1.807, 2.05) is 18.2 Å². The van der Waals surface area contributed by atoms with E-state index >= 15 is 0 Å². The molecular weight excluding hydrogens is 343 g/mol. The number of nitrogens with zero attached hydrogens (tertiary/aromatic N) is 1. The number of halogens is 2. The van der Waals surface area contributed by atoms with Gasteiger partial charge in [-0.2, -0.15) is 0 Å². The van der Waals surface area contributed by atoms with Crippen LogP contribution in [0.3, 0.4) is 0 Å². The van der Waals surface area contributed by atoms with Crippen molar-refractivity contribution in [2.75, 3.05) is 26.7 Å². The van der Waals surface area contributed by atoms with Crippen LogP contribution in [0.5, 0.6) is 0 Å². The lowest BCUT2D eigenvalue weighted by molar-refractivity contribution is -0.0294. The lowest BCUT2D eigenvalue weighted by Gasteiger charge is -2.38. The summed E-state index contributed by atoms with van der Waals surface area (Å²) in [4.78, 5) is 2.63. The molecule has 1 saturated heterocycles. The summed E-state index contributed by atoms with van der Waals surface area (Å²) < 4.78 is 6.31. The number of hydrogen-bond acceptors (Lipinski definition) is 3. The van der Waals surface area contributed by atoms with Crippen molar-refractivity contribution in [3.05, 3.63) is 33.8 Å². The molecule has 2 unspecified atom stereocenters. The number of likely N-dealkylation sites (tertiary alicyclic amines) is 1. The highest BCUT2D eigenvalue weighted by molar-refractivity contribution is 6.35. The van der Waals surface area contributed by atoms with Crippen molar-refractivity contribution >= 4 is 23.2 Å². The predicted octanol–water partition coefficient (Wildman–Crippen LogP) is 4.16. The summed E-state index contributed by atoms with van der Waals surface area (Å²) >= 11 is 12.5. The van der Waals surface area contributed by atoms with Gasteiger partial charge in [0.1, 0.15) is 0 Å². The summed E-state index contributed by atoms with van der Waals surface area (Å²) in [5, 5.41) is 4.89. The number of ether oxygens (including phenoxy) is 1. The highest BCUT2D eigenvalue weighted by atomic mass is 35.5. The third kappa shape index (κ3) is 4.44. The van der Waals surface area contributed by atoms with Crippen LogP contribution in [0.4, 0.5) is 0 Å². The van der Waals surface area contributed by atoms with Gasteiger partial charge in [0.25, 0.3) is 0 Å². The molecule has 1 aromatic rings. The maximum Gasteiger partial charge on any atom is 0.0730 e. The zero-order valence-corrected chi connectivity index (χ0v) is 16.0. The molecule has 1 aromatic carbocycles. The monoisotopic (exact) mass is 370 g/mol. The smallest absolute Gasteiger partial charge is 0.0730 e. The fourth-order valence-corrected chi connectivity index (χ4v) is 4.68. The Morgan fingerprint density at radius 3 is 2.62 bits per heavy atom. The second kappa shape index (κ2) is 8.86. The predicted molar refractivity (Wildman–Crippen MR) is 101 cm³/mol. The molecule has 2 fully saturated rings. The Morgan fingerprint density at radius 1 is 1.17 bits per heavy atom. The highest BCUT2D eigenvalue weighted by Crippen LogP contribution is 2.29. The Bertz CT molecular complexity index is 520. The van der Waals surface area contributed by atoms with Crippen molar-refractivity contribution in [1.82, 2.24) is 10.2 Å². The molecule has 1 aliphatic carbocycles. The average Bonchev–Trinajstić information content (AvgIpc) is 3.07. The fraction of sp³-hybridized carbons (Fsp3) is 0.684. The first-order valence-corrected chi connectivity index (χ1v) is 9.90.